The molecule has 0 aromatic heterocycles. The minimum absolute atomic E-state index is 0.0498. The minimum Gasteiger partial charge on any atom is -0.375 e. The van der Waals surface area contributed by atoms with Crippen LogP contribution in [0, 0.1) is 0 Å². The van der Waals surface area contributed by atoms with E-state index >= 15 is 0 Å². The van der Waals surface area contributed by atoms with Crippen molar-refractivity contribution in [3.8, 4) is 0 Å². The molecule has 19 heavy (non-hydrogen) atoms. The summed E-state index contributed by atoms with van der Waals surface area (Å²) in [5.74, 6) is 0.334. The lowest BCUT2D eigenvalue weighted by Crippen LogP contribution is -2.48. The first-order valence-corrected chi connectivity index (χ1v) is 8.12. The van der Waals surface area contributed by atoms with Gasteiger partial charge in [-0.05, 0) is 20.8 Å². The molecule has 1 unspecified atom stereocenters. The van der Waals surface area contributed by atoms with Gasteiger partial charge in [0.1, 0.15) is 0 Å². The van der Waals surface area contributed by atoms with Gasteiger partial charge in [0.2, 0.25) is 10.0 Å². The largest absolute Gasteiger partial charge is 0.375 e. The van der Waals surface area contributed by atoms with Crippen molar-refractivity contribution in [3.63, 3.8) is 0 Å². The standard InChI is InChI=1S/C11H24N4O3S/c1-9(2)14-19(16,17)7-4-13-11(12)15-5-6-18-10(3)8-15/h9-10,14H,4-8H2,1-3H3,(H2,12,13). The first-order chi connectivity index (χ1) is 8.80. The van der Waals surface area contributed by atoms with Gasteiger partial charge in [0.05, 0.1) is 25.0 Å². The summed E-state index contributed by atoms with van der Waals surface area (Å²) in [4.78, 5) is 6.03. The Bertz CT molecular complexity index is 408. The van der Waals surface area contributed by atoms with E-state index in [0.717, 1.165) is 0 Å². The molecule has 0 amide bonds. The summed E-state index contributed by atoms with van der Waals surface area (Å²) in [6, 6.07) is -0.105. The summed E-state index contributed by atoms with van der Waals surface area (Å²) in [5, 5.41) is 0. The molecule has 0 aromatic carbocycles. The number of nitrogens with two attached hydrogens (primary N) is 1. The fraction of sp³-hybridized carbons (Fsp3) is 0.909. The molecule has 0 aromatic rings. The number of nitrogens with one attached hydrogen (secondary N) is 1. The SMILES string of the molecule is CC(C)NS(=O)(=O)CCN=C(N)N1CCOC(C)C1. The zero-order chi connectivity index (χ0) is 14.5. The van der Waals surface area contributed by atoms with Crippen molar-refractivity contribution in [2.75, 3.05) is 32.0 Å². The van der Waals surface area contributed by atoms with Gasteiger partial charge in [-0.25, -0.2) is 13.1 Å². The Balaban J connectivity index is 2.43. The summed E-state index contributed by atoms with van der Waals surface area (Å²) in [7, 11) is -3.27. The number of guanidine groups is 1. The molecule has 8 heteroatoms. The predicted octanol–water partition coefficient (Wildman–Crippen LogP) is -0.650. The summed E-state index contributed by atoms with van der Waals surface area (Å²) in [6.45, 7) is 7.69. The van der Waals surface area contributed by atoms with Crippen molar-refractivity contribution in [1.82, 2.24) is 9.62 Å². The Morgan fingerprint density at radius 3 is 2.84 bits per heavy atom. The predicted molar refractivity (Wildman–Crippen MR) is 75.5 cm³/mol. The van der Waals surface area contributed by atoms with Gasteiger partial charge in [0.15, 0.2) is 5.96 Å². The van der Waals surface area contributed by atoms with Gasteiger partial charge in [-0.15, -0.1) is 0 Å². The summed E-state index contributed by atoms with van der Waals surface area (Å²) >= 11 is 0. The molecule has 0 aliphatic carbocycles. The summed E-state index contributed by atoms with van der Waals surface area (Å²) < 4.78 is 31.1. The maximum atomic E-state index is 11.6. The molecule has 0 saturated carbocycles. The molecule has 1 fully saturated rings. The Morgan fingerprint density at radius 1 is 1.58 bits per heavy atom. The number of aliphatic imine (C=N–C) groups is 1. The number of hydrogen-bond acceptors (Lipinski definition) is 4. The average molecular weight is 292 g/mol. The van der Waals surface area contributed by atoms with E-state index < -0.39 is 10.0 Å². The number of morpholine rings is 1. The molecule has 0 bridgehead atoms. The van der Waals surface area contributed by atoms with Crippen LogP contribution in [0.25, 0.3) is 0 Å². The fourth-order valence-electron chi connectivity index (χ4n) is 1.82. The lowest BCUT2D eigenvalue weighted by atomic mass is 10.3. The highest BCUT2D eigenvalue weighted by molar-refractivity contribution is 7.89. The van der Waals surface area contributed by atoms with Crippen LogP contribution in [0.4, 0.5) is 0 Å². The molecule has 0 spiro atoms. The number of hydrogen-bond donors (Lipinski definition) is 2. The van der Waals surface area contributed by atoms with E-state index in [0.29, 0.717) is 25.7 Å². The maximum absolute atomic E-state index is 11.6. The van der Waals surface area contributed by atoms with Crippen molar-refractivity contribution in [2.45, 2.75) is 32.9 Å². The summed E-state index contributed by atoms with van der Waals surface area (Å²) in [5.41, 5.74) is 5.85. The lowest BCUT2D eigenvalue weighted by molar-refractivity contribution is 0.00531. The van der Waals surface area contributed by atoms with Crippen LogP contribution in [0.1, 0.15) is 20.8 Å². The molecule has 7 nitrogen and oxygen atoms in total. The van der Waals surface area contributed by atoms with Crippen molar-refractivity contribution in [3.05, 3.63) is 0 Å². The van der Waals surface area contributed by atoms with E-state index in [-0.39, 0.29) is 24.4 Å². The van der Waals surface area contributed by atoms with Crippen LogP contribution in [0.3, 0.4) is 0 Å². The van der Waals surface area contributed by atoms with Gasteiger partial charge in [-0.1, -0.05) is 0 Å². The molecule has 1 atom stereocenters. The molecule has 3 N–H and O–H groups in total. The third kappa shape index (κ3) is 6.22. The minimum atomic E-state index is -3.27. The Labute approximate surface area is 115 Å². The first-order valence-electron chi connectivity index (χ1n) is 6.46. The van der Waals surface area contributed by atoms with Crippen LogP contribution >= 0.6 is 0 Å². The number of nitrogens with zero attached hydrogens (tertiary/aromatic N) is 2. The Morgan fingerprint density at radius 2 is 2.26 bits per heavy atom. The zero-order valence-corrected chi connectivity index (χ0v) is 12.6. The van der Waals surface area contributed by atoms with E-state index in [1.807, 2.05) is 11.8 Å². The van der Waals surface area contributed by atoms with Gasteiger partial charge in [-0.3, -0.25) is 4.99 Å². The number of sulfonamides is 1. The average Bonchev–Trinajstić information content (AvgIpc) is 2.26. The summed E-state index contributed by atoms with van der Waals surface area (Å²) in [6.07, 6.45) is 0.119. The normalized spacial score (nSPS) is 22.0. The maximum Gasteiger partial charge on any atom is 0.213 e. The lowest BCUT2D eigenvalue weighted by Gasteiger charge is -2.31. The van der Waals surface area contributed by atoms with E-state index in [4.69, 9.17) is 10.5 Å². The van der Waals surface area contributed by atoms with Crippen LogP contribution in [-0.4, -0.2) is 63.4 Å². The molecule has 0 radical (unpaired) electrons. The second-order valence-corrected chi connectivity index (χ2v) is 6.83. The van der Waals surface area contributed by atoms with Gasteiger partial charge >= 0.3 is 0 Å². The van der Waals surface area contributed by atoms with Crippen molar-refractivity contribution < 1.29 is 13.2 Å². The number of rotatable bonds is 5. The second kappa shape index (κ2) is 7.06. The zero-order valence-electron chi connectivity index (χ0n) is 11.8. The first kappa shape index (κ1) is 16.2. The topological polar surface area (TPSA) is 97.0 Å². The van der Waals surface area contributed by atoms with Gasteiger partial charge < -0.3 is 15.4 Å². The highest BCUT2D eigenvalue weighted by Crippen LogP contribution is 2.03. The van der Waals surface area contributed by atoms with E-state index in [1.54, 1.807) is 13.8 Å². The molecule has 1 rings (SSSR count). The van der Waals surface area contributed by atoms with Gasteiger partial charge in [0, 0.05) is 19.1 Å². The molecule has 1 aliphatic heterocycles. The third-order valence-corrected chi connectivity index (χ3v) is 4.16. The van der Waals surface area contributed by atoms with Crippen molar-refractivity contribution in [1.29, 1.82) is 0 Å². The molecule has 1 saturated heterocycles. The van der Waals surface area contributed by atoms with Gasteiger partial charge in [-0.2, -0.15) is 0 Å². The van der Waals surface area contributed by atoms with Crippen LogP contribution in [-0.2, 0) is 14.8 Å². The van der Waals surface area contributed by atoms with Crippen LogP contribution in [0.2, 0.25) is 0 Å². The highest BCUT2D eigenvalue weighted by Gasteiger charge is 2.18. The molecule has 112 valence electrons. The van der Waals surface area contributed by atoms with Crippen LogP contribution in [0.5, 0.6) is 0 Å². The molecular formula is C11H24N4O3S. The molecule has 1 aliphatic rings. The molecular weight excluding hydrogens is 268 g/mol. The Hall–Kier alpha value is -0.860. The van der Waals surface area contributed by atoms with Gasteiger partial charge in [0.25, 0.3) is 0 Å². The smallest absolute Gasteiger partial charge is 0.213 e. The Kier molecular flexibility index (Phi) is 6.02. The fourth-order valence-corrected chi connectivity index (χ4v) is 2.99. The molecule has 1 heterocycles. The highest BCUT2D eigenvalue weighted by atomic mass is 32.2. The van der Waals surface area contributed by atoms with E-state index in [1.165, 1.54) is 0 Å². The van der Waals surface area contributed by atoms with Crippen LogP contribution in [0.15, 0.2) is 4.99 Å². The van der Waals surface area contributed by atoms with Crippen molar-refractivity contribution in [2.24, 2.45) is 10.7 Å². The van der Waals surface area contributed by atoms with E-state index in [9.17, 15) is 8.42 Å². The third-order valence-electron chi connectivity index (χ3n) is 2.61. The number of ether oxygens (including phenoxy) is 1. The van der Waals surface area contributed by atoms with Crippen LogP contribution < -0.4 is 10.5 Å². The monoisotopic (exact) mass is 292 g/mol. The van der Waals surface area contributed by atoms with E-state index in [2.05, 4.69) is 9.71 Å². The van der Waals surface area contributed by atoms with Crippen molar-refractivity contribution >= 4 is 16.0 Å². The second-order valence-electron chi connectivity index (χ2n) is 4.96. The quantitative estimate of drug-likeness (QED) is 0.518.